The quantitative estimate of drug-likeness (QED) is 0.666. The maximum Gasteiger partial charge on any atom is 0.497 e. The molecule has 1 aliphatic heterocycles. The van der Waals surface area contributed by atoms with Crippen LogP contribution in [0.3, 0.4) is 0 Å². The fraction of sp³-hybridized carbons (Fsp3) is 0.368. The molecule has 0 radical (unpaired) electrons. The van der Waals surface area contributed by atoms with Crippen LogP contribution >= 0.6 is 0 Å². The lowest BCUT2D eigenvalue weighted by atomic mass is 9.78. The number of aromatic hydroxyl groups is 1. The molecule has 0 saturated carbocycles. The van der Waals surface area contributed by atoms with Crippen molar-refractivity contribution in [2.45, 2.75) is 45.8 Å². The molecule has 1 heterocycles. The van der Waals surface area contributed by atoms with Gasteiger partial charge in [-0.1, -0.05) is 17.7 Å². The molecule has 5 nitrogen and oxygen atoms in total. The molecule has 0 unspecified atom stereocenters. The third kappa shape index (κ3) is 3.60. The molecule has 0 bridgehead atoms. The summed E-state index contributed by atoms with van der Waals surface area (Å²) in [7, 11) is -0.607. The molecule has 0 atom stereocenters. The largest absolute Gasteiger partial charge is 0.508 e. The second kappa shape index (κ2) is 6.28. The van der Waals surface area contributed by atoms with Gasteiger partial charge in [-0.2, -0.15) is 10.2 Å². The van der Waals surface area contributed by atoms with Gasteiger partial charge in [-0.15, -0.1) is 0 Å². The number of nitrogens with zero attached hydrogens (tertiary/aromatic N) is 2. The van der Waals surface area contributed by atoms with Crippen molar-refractivity contribution in [3.05, 3.63) is 48.0 Å². The minimum Gasteiger partial charge on any atom is -0.508 e. The average molecular weight is 338 g/mol. The van der Waals surface area contributed by atoms with Gasteiger partial charge in [0.15, 0.2) is 0 Å². The highest BCUT2D eigenvalue weighted by Crippen LogP contribution is 2.37. The van der Waals surface area contributed by atoms with E-state index in [4.69, 9.17) is 9.31 Å². The molecule has 2 aromatic carbocycles. The first-order valence-electron chi connectivity index (χ1n) is 8.35. The molecule has 2 aromatic rings. The topological polar surface area (TPSA) is 63.4 Å². The third-order valence-electron chi connectivity index (χ3n) is 4.83. The van der Waals surface area contributed by atoms with E-state index in [1.165, 1.54) is 5.56 Å². The molecule has 130 valence electrons. The summed E-state index contributed by atoms with van der Waals surface area (Å²) in [5, 5.41) is 18.5. The van der Waals surface area contributed by atoms with E-state index >= 15 is 0 Å². The van der Waals surface area contributed by atoms with Crippen LogP contribution in [0.1, 0.15) is 33.3 Å². The smallest absolute Gasteiger partial charge is 0.497 e. The molecule has 0 amide bonds. The first kappa shape index (κ1) is 17.6. The van der Waals surface area contributed by atoms with Crippen molar-refractivity contribution in [1.82, 2.24) is 0 Å². The Morgan fingerprint density at radius 1 is 0.880 bits per heavy atom. The lowest BCUT2D eigenvalue weighted by molar-refractivity contribution is 0.00578. The minimum atomic E-state index is -0.607. The van der Waals surface area contributed by atoms with Gasteiger partial charge in [-0.25, -0.2) is 0 Å². The van der Waals surface area contributed by atoms with E-state index in [0.29, 0.717) is 11.2 Å². The fourth-order valence-electron chi connectivity index (χ4n) is 2.51. The molecule has 0 aromatic heterocycles. The Hall–Kier alpha value is -2.18. The number of hydrogen-bond donors (Lipinski definition) is 1. The standard InChI is InChI=1S/C19H23BN2O3/c1-13-6-8-14(9-7-13)21-22-17-11-10-15(23)12-16(17)20-24-18(2,3)19(4,5)25-20/h6-12,23H,1-5H3. The van der Waals surface area contributed by atoms with E-state index in [9.17, 15) is 5.11 Å². The highest BCUT2D eigenvalue weighted by molar-refractivity contribution is 6.63. The van der Waals surface area contributed by atoms with Crippen LogP contribution in [0.5, 0.6) is 5.75 Å². The predicted octanol–water partition coefficient (Wildman–Crippen LogP) is 4.42. The maximum absolute atomic E-state index is 9.89. The van der Waals surface area contributed by atoms with Gasteiger partial charge < -0.3 is 14.4 Å². The van der Waals surface area contributed by atoms with E-state index in [1.807, 2.05) is 58.9 Å². The predicted molar refractivity (Wildman–Crippen MR) is 99.2 cm³/mol. The Labute approximate surface area is 148 Å². The second-order valence-corrected chi connectivity index (χ2v) is 7.37. The molecular formula is C19H23BN2O3. The first-order valence-corrected chi connectivity index (χ1v) is 8.35. The Morgan fingerprint density at radius 2 is 1.48 bits per heavy atom. The van der Waals surface area contributed by atoms with Crippen molar-refractivity contribution >= 4 is 24.0 Å². The summed E-state index contributed by atoms with van der Waals surface area (Å²) < 4.78 is 12.2. The summed E-state index contributed by atoms with van der Waals surface area (Å²) in [4.78, 5) is 0. The number of phenolic OH excluding ortho intramolecular Hbond substituents is 1. The Balaban J connectivity index is 1.93. The van der Waals surface area contributed by atoms with Crippen LogP contribution in [-0.4, -0.2) is 23.4 Å². The summed E-state index contributed by atoms with van der Waals surface area (Å²) in [5.41, 5.74) is 2.27. The van der Waals surface area contributed by atoms with Crippen LogP contribution in [0.4, 0.5) is 11.4 Å². The minimum absolute atomic E-state index is 0.138. The summed E-state index contributed by atoms with van der Waals surface area (Å²) in [5.74, 6) is 0.138. The molecule has 1 saturated heterocycles. The second-order valence-electron chi connectivity index (χ2n) is 7.37. The average Bonchev–Trinajstić information content (AvgIpc) is 2.75. The van der Waals surface area contributed by atoms with Gasteiger partial charge in [0.05, 0.1) is 22.6 Å². The molecule has 1 aliphatic rings. The van der Waals surface area contributed by atoms with Crippen molar-refractivity contribution in [3.8, 4) is 5.75 Å². The zero-order valence-corrected chi connectivity index (χ0v) is 15.3. The molecule has 1 fully saturated rings. The van der Waals surface area contributed by atoms with Crippen LogP contribution in [0.15, 0.2) is 52.7 Å². The number of hydrogen-bond acceptors (Lipinski definition) is 5. The molecule has 0 spiro atoms. The maximum atomic E-state index is 9.89. The summed E-state index contributed by atoms with van der Waals surface area (Å²) in [6.07, 6.45) is 0. The van der Waals surface area contributed by atoms with Crippen molar-refractivity contribution < 1.29 is 14.4 Å². The monoisotopic (exact) mass is 338 g/mol. The molecule has 1 N–H and O–H groups in total. The number of rotatable bonds is 3. The van der Waals surface area contributed by atoms with Crippen LogP contribution in [-0.2, 0) is 9.31 Å². The Kier molecular flexibility index (Phi) is 4.43. The van der Waals surface area contributed by atoms with Gasteiger partial charge in [-0.3, -0.25) is 0 Å². The number of benzene rings is 2. The van der Waals surface area contributed by atoms with Crippen LogP contribution in [0.25, 0.3) is 0 Å². The van der Waals surface area contributed by atoms with Crippen LogP contribution in [0, 0.1) is 6.92 Å². The van der Waals surface area contributed by atoms with E-state index in [0.717, 1.165) is 5.69 Å². The van der Waals surface area contributed by atoms with Gasteiger partial charge >= 0.3 is 7.12 Å². The van der Waals surface area contributed by atoms with Gasteiger partial charge in [0, 0.05) is 5.46 Å². The third-order valence-corrected chi connectivity index (χ3v) is 4.83. The molecule has 25 heavy (non-hydrogen) atoms. The summed E-state index contributed by atoms with van der Waals surface area (Å²) in [6.45, 7) is 9.98. The highest BCUT2D eigenvalue weighted by Gasteiger charge is 2.52. The normalized spacial score (nSPS) is 18.8. The fourth-order valence-corrected chi connectivity index (χ4v) is 2.51. The number of aryl methyl sites for hydroxylation is 1. The molecule has 3 rings (SSSR count). The van der Waals surface area contributed by atoms with Crippen LogP contribution < -0.4 is 5.46 Å². The zero-order chi connectivity index (χ0) is 18.2. The van der Waals surface area contributed by atoms with E-state index in [1.54, 1.807) is 18.2 Å². The van der Waals surface area contributed by atoms with Crippen LogP contribution in [0.2, 0.25) is 0 Å². The van der Waals surface area contributed by atoms with Gasteiger partial charge in [0.25, 0.3) is 0 Å². The van der Waals surface area contributed by atoms with Crippen molar-refractivity contribution in [2.24, 2.45) is 10.2 Å². The first-order chi connectivity index (χ1) is 11.7. The van der Waals surface area contributed by atoms with Gasteiger partial charge in [-0.05, 0) is 65.0 Å². The Bertz CT molecular complexity index is 785. The van der Waals surface area contributed by atoms with Gasteiger partial charge in [0.1, 0.15) is 5.75 Å². The SMILES string of the molecule is Cc1ccc(N=Nc2ccc(O)cc2B2OC(C)(C)C(C)(C)O2)cc1. The van der Waals surface area contributed by atoms with E-state index in [-0.39, 0.29) is 5.75 Å². The lowest BCUT2D eigenvalue weighted by Crippen LogP contribution is -2.41. The molecule has 6 heteroatoms. The Morgan fingerprint density at radius 3 is 2.08 bits per heavy atom. The highest BCUT2D eigenvalue weighted by atomic mass is 16.7. The van der Waals surface area contributed by atoms with Crippen molar-refractivity contribution in [3.63, 3.8) is 0 Å². The number of azo groups is 1. The van der Waals surface area contributed by atoms with E-state index < -0.39 is 18.3 Å². The molecule has 0 aliphatic carbocycles. The lowest BCUT2D eigenvalue weighted by Gasteiger charge is -2.32. The zero-order valence-electron chi connectivity index (χ0n) is 15.3. The number of phenols is 1. The van der Waals surface area contributed by atoms with Crippen molar-refractivity contribution in [2.75, 3.05) is 0 Å². The summed E-state index contributed by atoms with van der Waals surface area (Å²) in [6, 6.07) is 12.7. The van der Waals surface area contributed by atoms with E-state index in [2.05, 4.69) is 10.2 Å². The molecular weight excluding hydrogens is 315 g/mol. The van der Waals surface area contributed by atoms with Crippen molar-refractivity contribution in [1.29, 1.82) is 0 Å². The van der Waals surface area contributed by atoms with Gasteiger partial charge in [0.2, 0.25) is 0 Å². The summed E-state index contributed by atoms with van der Waals surface area (Å²) >= 11 is 0.